The average molecular weight is 474 g/mol. The molecule has 0 unspecified atom stereocenters. The molecule has 0 spiro atoms. The molecule has 0 aliphatic carbocycles. The van der Waals surface area contributed by atoms with Crippen LogP contribution >= 0.6 is 0 Å². The van der Waals surface area contributed by atoms with Crippen molar-refractivity contribution in [3.63, 3.8) is 0 Å². The highest BCUT2D eigenvalue weighted by Gasteiger charge is 2.42. The number of hydrogen-bond acceptors (Lipinski definition) is 7. The van der Waals surface area contributed by atoms with Gasteiger partial charge in [0.1, 0.15) is 18.2 Å². The summed E-state index contributed by atoms with van der Waals surface area (Å²) < 4.78 is 16.0. The Morgan fingerprint density at radius 1 is 1.03 bits per heavy atom. The number of rotatable bonds is 4. The fourth-order valence-corrected chi connectivity index (χ4v) is 4.22. The highest BCUT2D eigenvalue weighted by molar-refractivity contribution is 5.78. The van der Waals surface area contributed by atoms with Gasteiger partial charge in [0.2, 0.25) is 0 Å². The van der Waals surface area contributed by atoms with E-state index in [1.165, 1.54) is 7.11 Å². The van der Waals surface area contributed by atoms with Gasteiger partial charge in [0.15, 0.2) is 0 Å². The third kappa shape index (κ3) is 7.21. The number of carbonyl (C=O) groups excluding carboxylic acids is 3. The van der Waals surface area contributed by atoms with Gasteiger partial charge in [-0.2, -0.15) is 0 Å². The summed E-state index contributed by atoms with van der Waals surface area (Å²) in [4.78, 5) is 41.5. The van der Waals surface area contributed by atoms with E-state index in [2.05, 4.69) is 5.32 Å². The maximum Gasteiger partial charge on any atom is 0.410 e. The molecule has 2 amide bonds. The first-order valence-electron chi connectivity index (χ1n) is 11.6. The van der Waals surface area contributed by atoms with E-state index in [-0.39, 0.29) is 25.2 Å². The summed E-state index contributed by atoms with van der Waals surface area (Å²) in [7, 11) is 1.34. The van der Waals surface area contributed by atoms with Crippen molar-refractivity contribution < 1.29 is 28.6 Å². The summed E-state index contributed by atoms with van der Waals surface area (Å²) in [5.41, 5.74) is 0.286. The zero-order valence-electron chi connectivity index (χ0n) is 20.4. The van der Waals surface area contributed by atoms with Crippen molar-refractivity contribution in [2.24, 2.45) is 0 Å². The van der Waals surface area contributed by atoms with Crippen LogP contribution in [0.2, 0.25) is 0 Å². The van der Waals surface area contributed by atoms with E-state index < -0.39 is 29.8 Å². The summed E-state index contributed by atoms with van der Waals surface area (Å²) in [5.74, 6) is -0.425. The second-order valence-electron chi connectivity index (χ2n) is 9.62. The lowest BCUT2D eigenvalue weighted by Crippen LogP contribution is -2.65. The van der Waals surface area contributed by atoms with Gasteiger partial charge < -0.3 is 24.4 Å². The molecule has 1 saturated heterocycles. The number of methoxy groups -OCH3 is 1. The molecule has 34 heavy (non-hydrogen) atoms. The lowest BCUT2D eigenvalue weighted by Gasteiger charge is -2.46. The number of piperazine rings is 1. The van der Waals surface area contributed by atoms with Crippen LogP contribution in [0.25, 0.3) is 0 Å². The molecule has 186 valence electrons. The molecule has 0 saturated carbocycles. The van der Waals surface area contributed by atoms with Gasteiger partial charge in [0.05, 0.1) is 13.7 Å². The first-order valence-corrected chi connectivity index (χ1v) is 11.6. The van der Waals surface area contributed by atoms with Crippen molar-refractivity contribution in [2.75, 3.05) is 26.7 Å². The summed E-state index contributed by atoms with van der Waals surface area (Å²) in [5, 5.41) is 2.91. The van der Waals surface area contributed by atoms with Gasteiger partial charge in [-0.1, -0.05) is 42.5 Å². The Hall–Kier alpha value is -3.07. The van der Waals surface area contributed by atoms with Crippen molar-refractivity contribution >= 4 is 18.2 Å². The monoisotopic (exact) mass is 473 g/mol. The van der Waals surface area contributed by atoms with E-state index in [0.29, 0.717) is 25.9 Å². The lowest BCUT2D eigenvalue weighted by molar-refractivity contribution is -0.151. The van der Waals surface area contributed by atoms with Gasteiger partial charge in [0.25, 0.3) is 0 Å². The van der Waals surface area contributed by atoms with Crippen LogP contribution in [0.15, 0.2) is 42.5 Å². The van der Waals surface area contributed by atoms with Crippen LogP contribution in [0.5, 0.6) is 0 Å². The van der Waals surface area contributed by atoms with E-state index in [4.69, 9.17) is 14.2 Å². The minimum atomic E-state index is -0.664. The minimum Gasteiger partial charge on any atom is -0.468 e. The van der Waals surface area contributed by atoms with Crippen LogP contribution in [0.3, 0.4) is 0 Å². The quantitative estimate of drug-likeness (QED) is 0.408. The fraction of sp³-hybridized carbons (Fsp3) is 0.560. The molecule has 3 rings (SSSR count). The Labute approximate surface area is 201 Å². The Bertz CT molecular complexity index is 882. The number of hydrogen-bond donors (Lipinski definition) is 1. The molecule has 2 aliphatic heterocycles. The van der Waals surface area contributed by atoms with Gasteiger partial charge in [-0.3, -0.25) is 9.69 Å². The topological polar surface area (TPSA) is 97.4 Å². The number of nitrogens with zero attached hydrogens (tertiary/aromatic N) is 2. The second kappa shape index (κ2) is 11.4. The van der Waals surface area contributed by atoms with E-state index in [9.17, 15) is 14.4 Å². The van der Waals surface area contributed by atoms with Crippen molar-refractivity contribution in [3.8, 4) is 0 Å². The molecule has 1 fully saturated rings. The van der Waals surface area contributed by atoms with Crippen LogP contribution in [0.1, 0.15) is 39.2 Å². The number of ether oxygens (including phenoxy) is 3. The zero-order valence-corrected chi connectivity index (χ0v) is 20.4. The van der Waals surface area contributed by atoms with Crippen molar-refractivity contribution in [3.05, 3.63) is 48.0 Å². The summed E-state index contributed by atoms with van der Waals surface area (Å²) in [6.07, 6.45) is 4.34. The van der Waals surface area contributed by atoms with E-state index in [1.54, 1.807) is 4.90 Å². The molecule has 2 aliphatic rings. The summed E-state index contributed by atoms with van der Waals surface area (Å²) in [6, 6.07) is 8.41. The number of amides is 2. The molecule has 9 heteroatoms. The number of esters is 1. The third-order valence-electron chi connectivity index (χ3n) is 5.78. The highest BCUT2D eigenvalue weighted by atomic mass is 16.6. The van der Waals surface area contributed by atoms with Crippen molar-refractivity contribution in [1.82, 2.24) is 15.1 Å². The number of alkyl carbamates (subject to hydrolysis) is 1. The van der Waals surface area contributed by atoms with Gasteiger partial charge in [-0.15, -0.1) is 0 Å². The summed E-state index contributed by atoms with van der Waals surface area (Å²) >= 11 is 0. The maximum atomic E-state index is 12.8. The molecule has 9 nitrogen and oxygen atoms in total. The van der Waals surface area contributed by atoms with Crippen LogP contribution in [0.4, 0.5) is 9.59 Å². The van der Waals surface area contributed by atoms with Crippen molar-refractivity contribution in [2.45, 2.75) is 63.9 Å². The number of benzene rings is 1. The Kier molecular flexibility index (Phi) is 8.55. The standard InChI is InChI=1S/C25H35N3O6/c1-25(2,3)34-23(30)26-19-12-8-9-13-20-15-27(16-21(22(29)32-4)28(20)14-19)24(31)33-17-18-10-6-5-7-11-18/h5-11,19-21H,12-17H2,1-4H3,(H,26,30)/b9-8-/t19-,20-,21-/m0/s1. The number of fused-ring (bicyclic) bond motifs is 1. The number of carbonyl (C=O) groups is 3. The predicted molar refractivity (Wildman–Crippen MR) is 126 cm³/mol. The SMILES string of the molecule is COC(=O)[C@@H]1CN(C(=O)OCc2ccccc2)C[C@@H]2C/C=C\C[C@H](NC(=O)OC(C)(C)C)CN21. The minimum absolute atomic E-state index is 0.124. The first-order chi connectivity index (χ1) is 16.2. The molecular formula is C25H35N3O6. The number of nitrogens with one attached hydrogen (secondary N) is 1. The van der Waals surface area contributed by atoms with E-state index in [1.807, 2.05) is 68.2 Å². The maximum absolute atomic E-state index is 12.8. The second-order valence-corrected chi connectivity index (χ2v) is 9.62. The van der Waals surface area contributed by atoms with Gasteiger partial charge in [0, 0.05) is 25.2 Å². The largest absolute Gasteiger partial charge is 0.468 e. The van der Waals surface area contributed by atoms with Gasteiger partial charge in [-0.25, -0.2) is 9.59 Å². The molecule has 0 radical (unpaired) electrons. The molecule has 2 heterocycles. The molecule has 1 aromatic rings. The van der Waals surface area contributed by atoms with Crippen LogP contribution in [-0.4, -0.2) is 78.4 Å². The lowest BCUT2D eigenvalue weighted by atomic mass is 9.98. The van der Waals surface area contributed by atoms with E-state index >= 15 is 0 Å². The molecule has 0 bridgehead atoms. The molecule has 3 atom stereocenters. The Morgan fingerprint density at radius 2 is 1.74 bits per heavy atom. The molecule has 1 N–H and O–H groups in total. The molecule has 1 aromatic carbocycles. The molecular weight excluding hydrogens is 438 g/mol. The predicted octanol–water partition coefficient (Wildman–Crippen LogP) is 3.09. The van der Waals surface area contributed by atoms with Crippen LogP contribution in [0, 0.1) is 0 Å². The van der Waals surface area contributed by atoms with Gasteiger partial charge >= 0.3 is 18.2 Å². The Balaban J connectivity index is 1.70. The third-order valence-corrected chi connectivity index (χ3v) is 5.78. The first kappa shape index (κ1) is 25.6. The van der Waals surface area contributed by atoms with E-state index in [0.717, 1.165) is 5.56 Å². The van der Waals surface area contributed by atoms with Gasteiger partial charge in [-0.05, 0) is 39.2 Å². The summed E-state index contributed by atoms with van der Waals surface area (Å²) in [6.45, 7) is 6.58. The normalized spacial score (nSPS) is 24.1. The molecule has 0 aromatic heterocycles. The average Bonchev–Trinajstić information content (AvgIpc) is 2.77. The zero-order chi connectivity index (χ0) is 24.7. The highest BCUT2D eigenvalue weighted by Crippen LogP contribution is 2.24. The smallest absolute Gasteiger partial charge is 0.410 e. The fourth-order valence-electron chi connectivity index (χ4n) is 4.22. The van der Waals surface area contributed by atoms with Crippen LogP contribution in [-0.2, 0) is 25.6 Å². The Morgan fingerprint density at radius 3 is 2.41 bits per heavy atom. The van der Waals surface area contributed by atoms with Crippen LogP contribution < -0.4 is 5.32 Å². The van der Waals surface area contributed by atoms with Crippen molar-refractivity contribution in [1.29, 1.82) is 0 Å².